The van der Waals surface area contributed by atoms with Crippen LogP contribution in [0.4, 0.5) is 18.9 Å². The maximum Gasteiger partial charge on any atom is 0.416 e. The molecule has 0 saturated heterocycles. The van der Waals surface area contributed by atoms with Crippen molar-refractivity contribution in [2.75, 3.05) is 5.32 Å². The van der Waals surface area contributed by atoms with Gasteiger partial charge in [-0.1, -0.05) is 20.8 Å². The third-order valence-corrected chi connectivity index (χ3v) is 5.12. The Morgan fingerprint density at radius 3 is 2.52 bits per heavy atom. The van der Waals surface area contributed by atoms with Gasteiger partial charge in [0.1, 0.15) is 4.88 Å². The quantitative estimate of drug-likeness (QED) is 0.688. The molecule has 142 valence electrons. The van der Waals surface area contributed by atoms with Crippen LogP contribution in [-0.2, 0) is 11.6 Å². The van der Waals surface area contributed by atoms with Crippen molar-refractivity contribution in [1.29, 1.82) is 0 Å². The van der Waals surface area contributed by atoms with E-state index in [1.54, 1.807) is 12.3 Å². The zero-order chi connectivity index (χ0) is 19.8. The molecule has 3 aromatic rings. The lowest BCUT2D eigenvalue weighted by molar-refractivity contribution is -0.137. The summed E-state index contributed by atoms with van der Waals surface area (Å²) in [6.45, 7) is 5.91. The van der Waals surface area contributed by atoms with E-state index >= 15 is 0 Å². The van der Waals surface area contributed by atoms with Crippen LogP contribution in [0.2, 0.25) is 0 Å². The molecule has 1 aromatic carbocycles. The number of thiazole rings is 1. The molecule has 1 N–H and O–H groups in total. The van der Waals surface area contributed by atoms with Gasteiger partial charge in [0.2, 0.25) is 0 Å². The summed E-state index contributed by atoms with van der Waals surface area (Å²) in [6, 6.07) is 4.78. The second-order valence-electron chi connectivity index (χ2n) is 6.91. The Labute approximate surface area is 157 Å². The van der Waals surface area contributed by atoms with Gasteiger partial charge in [-0.3, -0.25) is 4.79 Å². The van der Waals surface area contributed by atoms with Crippen molar-refractivity contribution in [1.82, 2.24) is 14.8 Å². The van der Waals surface area contributed by atoms with Gasteiger partial charge in [0.05, 0.1) is 28.1 Å². The fourth-order valence-corrected chi connectivity index (χ4v) is 3.20. The molecule has 9 heteroatoms. The van der Waals surface area contributed by atoms with Gasteiger partial charge >= 0.3 is 6.18 Å². The van der Waals surface area contributed by atoms with Gasteiger partial charge < -0.3 is 5.32 Å². The predicted octanol–water partition coefficient (Wildman–Crippen LogP) is 4.90. The van der Waals surface area contributed by atoms with E-state index in [1.165, 1.54) is 34.5 Å². The molecule has 5 nitrogen and oxygen atoms in total. The van der Waals surface area contributed by atoms with E-state index in [0.29, 0.717) is 10.6 Å². The van der Waals surface area contributed by atoms with Crippen LogP contribution in [0.25, 0.3) is 5.69 Å². The van der Waals surface area contributed by atoms with Crippen LogP contribution in [0, 0.1) is 0 Å². The Bertz CT molecular complexity index is 956. The topological polar surface area (TPSA) is 59.8 Å². The number of carbonyl (C=O) groups is 1. The van der Waals surface area contributed by atoms with Crippen LogP contribution in [0.1, 0.15) is 41.0 Å². The highest BCUT2D eigenvalue weighted by Crippen LogP contribution is 2.34. The zero-order valence-electron chi connectivity index (χ0n) is 14.8. The zero-order valence-corrected chi connectivity index (χ0v) is 15.6. The first-order valence-electron chi connectivity index (χ1n) is 8.04. The Morgan fingerprint density at radius 1 is 1.22 bits per heavy atom. The minimum absolute atomic E-state index is 0.0178. The molecule has 0 aliphatic heterocycles. The normalized spacial score (nSPS) is 12.2. The summed E-state index contributed by atoms with van der Waals surface area (Å²) in [7, 11) is 0. The number of amides is 1. The van der Waals surface area contributed by atoms with E-state index in [1.807, 2.05) is 20.8 Å². The molecule has 0 unspecified atom stereocenters. The van der Waals surface area contributed by atoms with Crippen molar-refractivity contribution in [3.63, 3.8) is 0 Å². The lowest BCUT2D eigenvalue weighted by atomic mass is 9.98. The molecule has 0 bridgehead atoms. The highest BCUT2D eigenvalue weighted by Gasteiger charge is 2.31. The van der Waals surface area contributed by atoms with Crippen LogP contribution < -0.4 is 5.32 Å². The average molecular weight is 394 g/mol. The molecule has 0 fully saturated rings. The second-order valence-corrected chi connectivity index (χ2v) is 7.94. The summed E-state index contributed by atoms with van der Waals surface area (Å²) in [5, 5.41) is 7.36. The summed E-state index contributed by atoms with van der Waals surface area (Å²) < 4.78 is 40.7. The van der Waals surface area contributed by atoms with Gasteiger partial charge in [-0.2, -0.15) is 18.3 Å². The van der Waals surface area contributed by atoms with Gasteiger partial charge in [-0.05, 0) is 24.3 Å². The van der Waals surface area contributed by atoms with E-state index in [-0.39, 0.29) is 11.1 Å². The second kappa shape index (κ2) is 6.80. The van der Waals surface area contributed by atoms with Crippen molar-refractivity contribution in [3.05, 3.63) is 58.3 Å². The third kappa shape index (κ3) is 4.19. The third-order valence-electron chi connectivity index (χ3n) is 3.69. The van der Waals surface area contributed by atoms with Crippen molar-refractivity contribution in [2.45, 2.75) is 32.4 Å². The van der Waals surface area contributed by atoms with Crippen LogP contribution in [0.5, 0.6) is 0 Å². The molecular formula is C18H17F3N4OS. The van der Waals surface area contributed by atoms with Crippen LogP contribution in [-0.4, -0.2) is 20.7 Å². The molecule has 2 aromatic heterocycles. The number of halogens is 3. The van der Waals surface area contributed by atoms with E-state index in [2.05, 4.69) is 15.4 Å². The first-order chi connectivity index (χ1) is 12.6. The maximum atomic E-state index is 13.1. The number of hydrogen-bond acceptors (Lipinski definition) is 4. The van der Waals surface area contributed by atoms with Crippen molar-refractivity contribution in [3.8, 4) is 5.69 Å². The molecule has 0 atom stereocenters. The van der Waals surface area contributed by atoms with Gasteiger partial charge in [-0.15, -0.1) is 11.3 Å². The summed E-state index contributed by atoms with van der Waals surface area (Å²) in [4.78, 5) is 17.1. The molecule has 2 heterocycles. The first-order valence-corrected chi connectivity index (χ1v) is 8.86. The van der Waals surface area contributed by atoms with Gasteiger partial charge in [-0.25, -0.2) is 9.67 Å². The number of nitrogens with one attached hydrogen (secondary N) is 1. The van der Waals surface area contributed by atoms with Gasteiger partial charge in [0.15, 0.2) is 0 Å². The van der Waals surface area contributed by atoms with Crippen LogP contribution in [0.3, 0.4) is 0 Å². The number of rotatable bonds is 3. The number of alkyl halides is 3. The number of benzene rings is 1. The van der Waals surface area contributed by atoms with Gasteiger partial charge in [0, 0.05) is 17.8 Å². The average Bonchev–Trinajstić information content (AvgIpc) is 3.25. The molecule has 0 aliphatic carbocycles. The largest absolute Gasteiger partial charge is 0.416 e. The standard InChI is InChI=1S/C18H17F3N4OS/c1-17(2,3)16-22-10-14(27-16)15(26)24-12-9-11(18(19,20)21)5-6-13(12)25-8-4-7-23-25/h4-10H,1-3H3,(H,24,26). The molecule has 27 heavy (non-hydrogen) atoms. The van der Waals surface area contributed by atoms with Crippen LogP contribution in [0.15, 0.2) is 42.9 Å². The predicted molar refractivity (Wildman–Crippen MR) is 97.3 cm³/mol. The summed E-state index contributed by atoms with van der Waals surface area (Å²) in [5.74, 6) is -0.518. The summed E-state index contributed by atoms with van der Waals surface area (Å²) in [6.07, 6.45) is -0.00147. The fraction of sp³-hybridized carbons (Fsp3) is 0.278. The molecule has 3 rings (SSSR count). The van der Waals surface area contributed by atoms with E-state index in [0.717, 1.165) is 17.1 Å². The number of anilines is 1. The van der Waals surface area contributed by atoms with E-state index in [4.69, 9.17) is 0 Å². The first kappa shape index (κ1) is 19.1. The molecule has 0 radical (unpaired) electrons. The number of aromatic nitrogens is 3. The number of hydrogen-bond donors (Lipinski definition) is 1. The summed E-state index contributed by atoms with van der Waals surface area (Å²) in [5.41, 5.74) is -0.723. The van der Waals surface area contributed by atoms with Gasteiger partial charge in [0.25, 0.3) is 5.91 Å². The molecule has 0 spiro atoms. The Balaban J connectivity index is 1.97. The number of carbonyl (C=O) groups excluding carboxylic acids is 1. The highest BCUT2D eigenvalue weighted by molar-refractivity contribution is 7.13. The number of nitrogens with zero attached hydrogens (tertiary/aromatic N) is 3. The Morgan fingerprint density at radius 2 is 1.96 bits per heavy atom. The smallest absolute Gasteiger partial charge is 0.319 e. The molecule has 1 amide bonds. The lowest BCUT2D eigenvalue weighted by Crippen LogP contribution is -2.15. The van der Waals surface area contributed by atoms with E-state index < -0.39 is 17.6 Å². The van der Waals surface area contributed by atoms with Crippen molar-refractivity contribution < 1.29 is 18.0 Å². The molecule has 0 aliphatic rings. The van der Waals surface area contributed by atoms with Crippen molar-refractivity contribution in [2.24, 2.45) is 0 Å². The minimum Gasteiger partial charge on any atom is -0.319 e. The Hall–Kier alpha value is -2.68. The summed E-state index contributed by atoms with van der Waals surface area (Å²) >= 11 is 1.21. The van der Waals surface area contributed by atoms with Crippen molar-refractivity contribution >= 4 is 22.9 Å². The van der Waals surface area contributed by atoms with E-state index in [9.17, 15) is 18.0 Å². The molecule has 0 saturated carbocycles. The fourth-order valence-electron chi connectivity index (χ4n) is 2.33. The highest BCUT2D eigenvalue weighted by atomic mass is 32.1. The molecular weight excluding hydrogens is 377 g/mol. The SMILES string of the molecule is CC(C)(C)c1ncc(C(=O)Nc2cc(C(F)(F)F)ccc2-n2cccn2)s1. The van der Waals surface area contributed by atoms with Crippen LogP contribution >= 0.6 is 11.3 Å². The lowest BCUT2D eigenvalue weighted by Gasteiger charge is -2.14. The minimum atomic E-state index is -4.52. The Kier molecular flexibility index (Phi) is 4.81. The monoisotopic (exact) mass is 394 g/mol. The maximum absolute atomic E-state index is 13.1.